The molecule has 0 aliphatic heterocycles. The molecule has 3 aromatic rings. The van der Waals surface area contributed by atoms with Gasteiger partial charge in [0, 0.05) is 11.5 Å². The van der Waals surface area contributed by atoms with E-state index in [0.717, 1.165) is 27.9 Å². The van der Waals surface area contributed by atoms with E-state index in [2.05, 4.69) is 4.98 Å². The summed E-state index contributed by atoms with van der Waals surface area (Å²) in [6, 6.07) is 13.4. The molecular weight excluding hydrogens is 338 g/mol. The molecule has 0 spiro atoms. The zero-order valence-electron chi connectivity index (χ0n) is 14.2. The Bertz CT molecular complexity index is 938. The lowest BCUT2D eigenvalue weighted by Gasteiger charge is -2.09. The second-order valence-corrected chi connectivity index (χ2v) is 5.74. The van der Waals surface area contributed by atoms with Crippen LogP contribution in [0.25, 0.3) is 23.1 Å². The van der Waals surface area contributed by atoms with Gasteiger partial charge in [0.05, 0.1) is 32.0 Å². The van der Waals surface area contributed by atoms with Gasteiger partial charge in [-0.15, -0.1) is 0 Å². The van der Waals surface area contributed by atoms with Crippen molar-refractivity contribution in [3.63, 3.8) is 0 Å². The lowest BCUT2D eigenvalue weighted by Crippen LogP contribution is -1.92. The molecule has 4 nitrogen and oxygen atoms in total. The fourth-order valence-corrected chi connectivity index (χ4v) is 2.78. The Balaban J connectivity index is 1.98. The lowest BCUT2D eigenvalue weighted by molar-refractivity contribution is 0.355. The van der Waals surface area contributed by atoms with Crippen molar-refractivity contribution < 1.29 is 14.2 Å². The highest BCUT2D eigenvalue weighted by atomic mass is 35.5. The highest BCUT2D eigenvalue weighted by molar-refractivity contribution is 6.32. The van der Waals surface area contributed by atoms with Gasteiger partial charge < -0.3 is 14.2 Å². The van der Waals surface area contributed by atoms with Crippen LogP contribution in [0.2, 0.25) is 5.02 Å². The Labute approximate surface area is 151 Å². The molecule has 3 rings (SSSR count). The van der Waals surface area contributed by atoms with Gasteiger partial charge in [0.1, 0.15) is 11.3 Å². The predicted octanol–water partition coefficient (Wildman–Crippen LogP) is 5.08. The number of halogens is 1. The molecule has 0 N–H and O–H groups in total. The number of ether oxygens (including phenoxy) is 3. The number of nitrogens with zero attached hydrogens (tertiary/aromatic N) is 1. The van der Waals surface area contributed by atoms with Crippen LogP contribution < -0.4 is 14.2 Å². The molecule has 5 heteroatoms. The molecular formula is C20H18ClNO3. The zero-order chi connectivity index (χ0) is 17.8. The molecule has 0 unspecified atom stereocenters. The molecule has 0 saturated carbocycles. The molecule has 0 saturated heterocycles. The van der Waals surface area contributed by atoms with E-state index in [4.69, 9.17) is 25.8 Å². The Morgan fingerprint density at radius 3 is 2.28 bits per heavy atom. The van der Waals surface area contributed by atoms with Crippen LogP contribution in [-0.2, 0) is 0 Å². The quantitative estimate of drug-likeness (QED) is 0.639. The van der Waals surface area contributed by atoms with Crippen molar-refractivity contribution in [2.24, 2.45) is 0 Å². The molecule has 0 bridgehead atoms. The average Bonchev–Trinajstić information content (AvgIpc) is 2.66. The smallest absolute Gasteiger partial charge is 0.162 e. The second kappa shape index (κ2) is 7.45. The fraction of sp³-hybridized carbons (Fsp3) is 0.150. The summed E-state index contributed by atoms with van der Waals surface area (Å²) in [5.41, 5.74) is 2.45. The topological polar surface area (TPSA) is 40.6 Å². The molecule has 2 aromatic carbocycles. The first kappa shape index (κ1) is 17.1. The summed E-state index contributed by atoms with van der Waals surface area (Å²) in [6.45, 7) is 0. The van der Waals surface area contributed by atoms with Crippen LogP contribution >= 0.6 is 11.6 Å². The summed E-state index contributed by atoms with van der Waals surface area (Å²) in [7, 11) is 4.81. The first-order valence-electron chi connectivity index (χ1n) is 7.69. The van der Waals surface area contributed by atoms with Crippen LogP contribution in [0.15, 0.2) is 42.5 Å². The van der Waals surface area contributed by atoms with Crippen molar-refractivity contribution in [3.8, 4) is 17.2 Å². The first-order valence-corrected chi connectivity index (χ1v) is 8.07. The van der Waals surface area contributed by atoms with E-state index in [1.807, 2.05) is 48.6 Å². The van der Waals surface area contributed by atoms with Crippen LogP contribution in [0.3, 0.4) is 0 Å². The molecule has 0 aliphatic rings. The maximum absolute atomic E-state index is 6.32. The van der Waals surface area contributed by atoms with E-state index in [-0.39, 0.29) is 0 Å². The number of benzene rings is 2. The molecule has 0 fully saturated rings. The Kier molecular flexibility index (Phi) is 5.10. The maximum Gasteiger partial charge on any atom is 0.162 e. The molecule has 25 heavy (non-hydrogen) atoms. The monoisotopic (exact) mass is 355 g/mol. The van der Waals surface area contributed by atoms with Gasteiger partial charge in [0.15, 0.2) is 11.5 Å². The molecule has 128 valence electrons. The summed E-state index contributed by atoms with van der Waals surface area (Å²) in [6.07, 6.45) is 3.80. The normalized spacial score (nSPS) is 11.0. The van der Waals surface area contributed by atoms with E-state index in [0.29, 0.717) is 16.5 Å². The largest absolute Gasteiger partial charge is 0.494 e. The molecule has 0 amide bonds. The van der Waals surface area contributed by atoms with Gasteiger partial charge in [-0.25, -0.2) is 4.98 Å². The van der Waals surface area contributed by atoms with Gasteiger partial charge in [-0.05, 0) is 29.8 Å². The van der Waals surface area contributed by atoms with Crippen molar-refractivity contribution >= 4 is 34.7 Å². The van der Waals surface area contributed by atoms with Gasteiger partial charge in [-0.1, -0.05) is 35.9 Å². The highest BCUT2D eigenvalue weighted by Gasteiger charge is 2.08. The fourth-order valence-electron chi connectivity index (χ4n) is 2.57. The average molecular weight is 356 g/mol. The number of rotatable bonds is 5. The summed E-state index contributed by atoms with van der Waals surface area (Å²) >= 11 is 6.32. The molecule has 1 heterocycles. The van der Waals surface area contributed by atoms with Crippen LogP contribution in [0.4, 0.5) is 0 Å². The third-order valence-electron chi connectivity index (χ3n) is 3.86. The Morgan fingerprint density at radius 1 is 0.840 bits per heavy atom. The number of methoxy groups -OCH3 is 3. The maximum atomic E-state index is 6.32. The zero-order valence-corrected chi connectivity index (χ0v) is 15.0. The van der Waals surface area contributed by atoms with Gasteiger partial charge in [-0.3, -0.25) is 0 Å². The van der Waals surface area contributed by atoms with Gasteiger partial charge >= 0.3 is 0 Å². The van der Waals surface area contributed by atoms with E-state index in [9.17, 15) is 0 Å². The van der Waals surface area contributed by atoms with Gasteiger partial charge in [-0.2, -0.15) is 0 Å². The van der Waals surface area contributed by atoms with E-state index < -0.39 is 0 Å². The lowest BCUT2D eigenvalue weighted by atomic mass is 10.1. The summed E-state index contributed by atoms with van der Waals surface area (Å²) in [5, 5.41) is 1.60. The van der Waals surface area contributed by atoms with E-state index in [1.165, 1.54) is 0 Å². The Hall–Kier alpha value is -2.72. The number of hydrogen-bond donors (Lipinski definition) is 0. The molecule has 0 aliphatic carbocycles. The van der Waals surface area contributed by atoms with Crippen molar-refractivity contribution in [2.75, 3.05) is 21.3 Å². The number of aromatic nitrogens is 1. The molecule has 0 atom stereocenters. The van der Waals surface area contributed by atoms with Crippen LogP contribution in [0, 0.1) is 0 Å². The third-order valence-corrected chi connectivity index (χ3v) is 4.19. The number of fused-ring (bicyclic) bond motifs is 1. The third kappa shape index (κ3) is 3.54. The number of para-hydroxylation sites is 1. The predicted molar refractivity (Wildman–Crippen MR) is 102 cm³/mol. The standard InChI is InChI=1S/C20H18ClNO3/c1-23-17-6-4-5-13-7-9-15(22-20(13)17)10-8-14-11-18(24-2)19(25-3)12-16(14)21/h4-12H,1-3H3. The minimum Gasteiger partial charge on any atom is -0.494 e. The SMILES string of the molecule is COc1cc(Cl)c(C=Cc2ccc3cccc(OC)c3n2)cc1OC. The van der Waals surface area contributed by atoms with Crippen LogP contribution in [0.5, 0.6) is 17.2 Å². The van der Waals surface area contributed by atoms with Gasteiger partial charge in [0.25, 0.3) is 0 Å². The second-order valence-electron chi connectivity index (χ2n) is 5.33. The summed E-state index contributed by atoms with van der Waals surface area (Å²) in [4.78, 5) is 4.66. The van der Waals surface area contributed by atoms with E-state index >= 15 is 0 Å². The first-order chi connectivity index (χ1) is 12.2. The Morgan fingerprint density at radius 2 is 1.56 bits per heavy atom. The van der Waals surface area contributed by atoms with Crippen molar-refractivity contribution in [2.45, 2.75) is 0 Å². The van der Waals surface area contributed by atoms with Crippen molar-refractivity contribution in [3.05, 3.63) is 58.7 Å². The number of pyridine rings is 1. The summed E-state index contributed by atoms with van der Waals surface area (Å²) in [5.74, 6) is 1.97. The van der Waals surface area contributed by atoms with Crippen LogP contribution in [0.1, 0.15) is 11.3 Å². The van der Waals surface area contributed by atoms with Crippen molar-refractivity contribution in [1.82, 2.24) is 4.98 Å². The highest BCUT2D eigenvalue weighted by Crippen LogP contribution is 2.34. The molecule has 1 aromatic heterocycles. The minimum atomic E-state index is 0.576. The summed E-state index contributed by atoms with van der Waals surface area (Å²) < 4.78 is 16.0. The minimum absolute atomic E-state index is 0.576. The van der Waals surface area contributed by atoms with Crippen molar-refractivity contribution in [1.29, 1.82) is 0 Å². The van der Waals surface area contributed by atoms with Crippen LogP contribution in [-0.4, -0.2) is 26.3 Å². The molecule has 0 radical (unpaired) electrons. The van der Waals surface area contributed by atoms with E-state index in [1.54, 1.807) is 27.4 Å². The number of hydrogen-bond acceptors (Lipinski definition) is 4. The van der Waals surface area contributed by atoms with Gasteiger partial charge in [0.2, 0.25) is 0 Å².